The van der Waals surface area contributed by atoms with Crippen LogP contribution in [0.5, 0.6) is 0 Å². The average molecular weight is 261 g/mol. The summed E-state index contributed by atoms with van der Waals surface area (Å²) in [6.45, 7) is 8.69. The zero-order valence-electron chi connectivity index (χ0n) is 12.7. The smallest absolute Gasteiger partial charge is 0.128 e. The highest BCUT2D eigenvalue weighted by molar-refractivity contribution is 5.42. The van der Waals surface area contributed by atoms with Gasteiger partial charge in [-0.1, -0.05) is 20.8 Å². The maximum atomic E-state index is 4.75. The Kier molecular flexibility index (Phi) is 4.81. The molecule has 0 aliphatic heterocycles. The highest BCUT2D eigenvalue weighted by Gasteiger charge is 2.20. The van der Waals surface area contributed by atoms with Crippen molar-refractivity contribution in [3.8, 4) is 0 Å². The molecule has 1 heterocycles. The summed E-state index contributed by atoms with van der Waals surface area (Å²) < 4.78 is 0. The van der Waals surface area contributed by atoms with E-state index in [1.807, 2.05) is 0 Å². The van der Waals surface area contributed by atoms with Crippen LogP contribution >= 0.6 is 0 Å². The molecular weight excluding hydrogens is 234 g/mol. The summed E-state index contributed by atoms with van der Waals surface area (Å²) >= 11 is 0. The number of aromatic nitrogens is 1. The van der Waals surface area contributed by atoms with Crippen molar-refractivity contribution >= 4 is 5.82 Å². The molecule has 0 radical (unpaired) electrons. The largest absolute Gasteiger partial charge is 0.359 e. The second-order valence-corrected chi connectivity index (χ2v) is 6.11. The van der Waals surface area contributed by atoms with E-state index in [0.717, 1.165) is 31.4 Å². The van der Waals surface area contributed by atoms with E-state index in [1.54, 1.807) is 0 Å². The van der Waals surface area contributed by atoms with E-state index in [1.165, 1.54) is 24.1 Å². The highest BCUT2D eigenvalue weighted by Crippen LogP contribution is 2.21. The molecule has 0 saturated heterocycles. The van der Waals surface area contributed by atoms with Gasteiger partial charge in [-0.15, -0.1) is 0 Å². The molecule has 19 heavy (non-hydrogen) atoms. The first-order chi connectivity index (χ1) is 9.08. The maximum absolute atomic E-state index is 4.75. The van der Waals surface area contributed by atoms with Gasteiger partial charge < -0.3 is 10.2 Å². The van der Waals surface area contributed by atoms with E-state index >= 15 is 0 Å². The standard InChI is InChI=1S/C16H27N3/c1-5-14-8-13(10-17-15-6-7-15)9-16(18-14)19(4)11-12(2)3/h8-9,12,15,17H,5-7,10-11H2,1-4H3. The van der Waals surface area contributed by atoms with Gasteiger partial charge in [0.15, 0.2) is 0 Å². The predicted molar refractivity (Wildman–Crippen MR) is 81.6 cm³/mol. The molecule has 1 saturated carbocycles. The third-order valence-electron chi connectivity index (χ3n) is 3.49. The average Bonchev–Trinajstić information content (AvgIpc) is 3.19. The Balaban J connectivity index is 2.09. The lowest BCUT2D eigenvalue weighted by atomic mass is 10.1. The monoisotopic (exact) mass is 261 g/mol. The molecule has 1 fully saturated rings. The molecule has 3 heteroatoms. The molecule has 1 N–H and O–H groups in total. The predicted octanol–water partition coefficient (Wildman–Crippen LogP) is 2.99. The molecular formula is C16H27N3. The molecule has 0 atom stereocenters. The van der Waals surface area contributed by atoms with Crippen LogP contribution < -0.4 is 10.2 Å². The van der Waals surface area contributed by atoms with Gasteiger partial charge in [0, 0.05) is 31.9 Å². The van der Waals surface area contributed by atoms with Gasteiger partial charge in [-0.3, -0.25) is 0 Å². The number of rotatable bonds is 7. The van der Waals surface area contributed by atoms with E-state index in [2.05, 4.69) is 50.2 Å². The summed E-state index contributed by atoms with van der Waals surface area (Å²) in [7, 11) is 2.14. The first-order valence-electron chi connectivity index (χ1n) is 7.52. The Bertz CT molecular complexity index is 410. The summed E-state index contributed by atoms with van der Waals surface area (Å²) in [6, 6.07) is 5.23. The van der Waals surface area contributed by atoms with Crippen molar-refractivity contribution in [2.75, 3.05) is 18.5 Å². The number of nitrogens with one attached hydrogen (secondary N) is 1. The number of anilines is 1. The third kappa shape index (κ3) is 4.50. The van der Waals surface area contributed by atoms with Crippen molar-refractivity contribution in [3.05, 3.63) is 23.4 Å². The van der Waals surface area contributed by atoms with Gasteiger partial charge in [0.05, 0.1) is 0 Å². The molecule has 1 aliphatic rings. The molecule has 106 valence electrons. The van der Waals surface area contributed by atoms with E-state index in [4.69, 9.17) is 4.98 Å². The molecule has 0 amide bonds. The molecule has 3 nitrogen and oxygen atoms in total. The minimum absolute atomic E-state index is 0.658. The molecule has 1 aliphatic carbocycles. The van der Waals surface area contributed by atoms with Crippen LogP contribution in [0.3, 0.4) is 0 Å². The van der Waals surface area contributed by atoms with Gasteiger partial charge in [0.25, 0.3) is 0 Å². The second-order valence-electron chi connectivity index (χ2n) is 6.11. The van der Waals surface area contributed by atoms with Crippen LogP contribution in [0.4, 0.5) is 5.82 Å². The number of aryl methyl sites for hydroxylation is 1. The molecule has 0 unspecified atom stereocenters. The van der Waals surface area contributed by atoms with Gasteiger partial charge in [0.1, 0.15) is 5.82 Å². The van der Waals surface area contributed by atoms with Crippen molar-refractivity contribution in [2.45, 2.75) is 52.6 Å². The molecule has 0 bridgehead atoms. The fourth-order valence-corrected chi connectivity index (χ4v) is 2.30. The van der Waals surface area contributed by atoms with Crippen molar-refractivity contribution < 1.29 is 0 Å². The maximum Gasteiger partial charge on any atom is 0.128 e. The van der Waals surface area contributed by atoms with Crippen molar-refractivity contribution in [1.82, 2.24) is 10.3 Å². The quantitative estimate of drug-likeness (QED) is 0.818. The zero-order chi connectivity index (χ0) is 13.8. The topological polar surface area (TPSA) is 28.2 Å². The Hall–Kier alpha value is -1.09. The fourth-order valence-electron chi connectivity index (χ4n) is 2.30. The second kappa shape index (κ2) is 6.38. The first-order valence-corrected chi connectivity index (χ1v) is 7.52. The van der Waals surface area contributed by atoms with Gasteiger partial charge in [0.2, 0.25) is 0 Å². The van der Waals surface area contributed by atoms with Crippen LogP contribution in [0.25, 0.3) is 0 Å². The molecule has 1 aromatic rings. The Morgan fingerprint density at radius 3 is 2.68 bits per heavy atom. The summed E-state index contributed by atoms with van der Waals surface area (Å²) in [5, 5.41) is 3.58. The lowest BCUT2D eigenvalue weighted by Crippen LogP contribution is -2.24. The van der Waals surface area contributed by atoms with Crippen molar-refractivity contribution in [3.63, 3.8) is 0 Å². The lowest BCUT2D eigenvalue weighted by molar-refractivity contribution is 0.632. The van der Waals surface area contributed by atoms with Crippen molar-refractivity contribution in [2.24, 2.45) is 5.92 Å². The van der Waals surface area contributed by atoms with Crippen LogP contribution in [0.2, 0.25) is 0 Å². The molecule has 1 aromatic heterocycles. The fraction of sp³-hybridized carbons (Fsp3) is 0.688. The van der Waals surface area contributed by atoms with Gasteiger partial charge in [-0.2, -0.15) is 0 Å². The van der Waals surface area contributed by atoms with Gasteiger partial charge in [-0.05, 0) is 42.9 Å². The minimum Gasteiger partial charge on any atom is -0.359 e. The minimum atomic E-state index is 0.658. The normalized spacial score (nSPS) is 15.0. The van der Waals surface area contributed by atoms with Crippen LogP contribution in [-0.4, -0.2) is 24.6 Å². The Labute approximate surface area is 117 Å². The van der Waals surface area contributed by atoms with Crippen molar-refractivity contribution in [1.29, 1.82) is 0 Å². The van der Waals surface area contributed by atoms with Gasteiger partial charge >= 0.3 is 0 Å². The van der Waals surface area contributed by atoms with Crippen LogP contribution in [-0.2, 0) is 13.0 Å². The van der Waals surface area contributed by atoms with Crippen LogP contribution in [0.15, 0.2) is 12.1 Å². The number of hydrogen-bond donors (Lipinski definition) is 1. The summed E-state index contributed by atoms with van der Waals surface area (Å²) in [6.07, 6.45) is 3.68. The summed E-state index contributed by atoms with van der Waals surface area (Å²) in [5.74, 6) is 1.77. The number of pyridine rings is 1. The SMILES string of the molecule is CCc1cc(CNC2CC2)cc(N(C)CC(C)C)n1. The Morgan fingerprint density at radius 2 is 2.11 bits per heavy atom. The zero-order valence-corrected chi connectivity index (χ0v) is 12.7. The van der Waals surface area contributed by atoms with Crippen LogP contribution in [0.1, 0.15) is 44.9 Å². The molecule has 2 rings (SSSR count). The summed E-state index contributed by atoms with van der Waals surface area (Å²) in [5.41, 5.74) is 2.56. The molecule has 0 aromatic carbocycles. The van der Waals surface area contributed by atoms with E-state index < -0.39 is 0 Å². The van der Waals surface area contributed by atoms with Gasteiger partial charge in [-0.25, -0.2) is 4.98 Å². The lowest BCUT2D eigenvalue weighted by Gasteiger charge is -2.22. The number of nitrogens with zero attached hydrogens (tertiary/aromatic N) is 2. The summed E-state index contributed by atoms with van der Waals surface area (Å²) in [4.78, 5) is 7.01. The first kappa shape index (κ1) is 14.3. The third-order valence-corrected chi connectivity index (χ3v) is 3.49. The van der Waals surface area contributed by atoms with E-state index in [0.29, 0.717) is 5.92 Å². The van der Waals surface area contributed by atoms with E-state index in [-0.39, 0.29) is 0 Å². The Morgan fingerprint density at radius 1 is 1.37 bits per heavy atom. The molecule has 0 spiro atoms. The highest BCUT2D eigenvalue weighted by atomic mass is 15.2. The number of hydrogen-bond acceptors (Lipinski definition) is 3. The van der Waals surface area contributed by atoms with Crippen LogP contribution in [0, 0.1) is 5.92 Å². The van der Waals surface area contributed by atoms with E-state index in [9.17, 15) is 0 Å².